The molecule has 0 aliphatic carbocycles. The van der Waals surface area contributed by atoms with Crippen molar-refractivity contribution in [2.24, 2.45) is 4.40 Å². The molecule has 7 heteroatoms. The smallest absolute Gasteiger partial charge is 0.288 e. The van der Waals surface area contributed by atoms with Crippen molar-refractivity contribution in [3.8, 4) is 0 Å². The SMILES string of the molecule is CC(C)SC1=NS(=O)(=O)c2cnccc2N1. The van der Waals surface area contributed by atoms with Crippen LogP contribution in [-0.2, 0) is 10.0 Å². The molecule has 2 rings (SSSR count). The summed E-state index contributed by atoms with van der Waals surface area (Å²) < 4.78 is 27.3. The highest BCUT2D eigenvalue weighted by Gasteiger charge is 2.25. The summed E-state index contributed by atoms with van der Waals surface area (Å²) in [7, 11) is -3.59. The largest absolute Gasteiger partial charge is 0.333 e. The number of hydrogen-bond donors (Lipinski definition) is 1. The Balaban J connectivity index is 2.44. The molecule has 1 aliphatic rings. The van der Waals surface area contributed by atoms with Crippen molar-refractivity contribution >= 4 is 32.6 Å². The third-order valence-electron chi connectivity index (χ3n) is 1.85. The van der Waals surface area contributed by atoms with E-state index in [0.717, 1.165) is 0 Å². The number of nitrogens with zero attached hydrogens (tertiary/aromatic N) is 2. The molecule has 1 aliphatic heterocycles. The zero-order valence-electron chi connectivity index (χ0n) is 8.84. The number of thioether (sulfide) groups is 1. The molecule has 0 unspecified atom stereocenters. The molecular formula is C9H11N3O2S2. The first kappa shape index (κ1) is 11.4. The summed E-state index contributed by atoms with van der Waals surface area (Å²) >= 11 is 1.38. The third kappa shape index (κ3) is 2.19. The number of hydrogen-bond acceptors (Lipinski definition) is 5. The Hall–Kier alpha value is -1.08. The Labute approximate surface area is 98.4 Å². The van der Waals surface area contributed by atoms with E-state index in [1.165, 1.54) is 18.0 Å². The van der Waals surface area contributed by atoms with E-state index in [1.807, 2.05) is 13.8 Å². The summed E-state index contributed by atoms with van der Waals surface area (Å²) in [4.78, 5) is 3.91. The van der Waals surface area contributed by atoms with Crippen LogP contribution in [0.4, 0.5) is 5.69 Å². The number of sulfonamides is 1. The Morgan fingerprint density at radius 1 is 1.44 bits per heavy atom. The summed E-state index contributed by atoms with van der Waals surface area (Å²) in [5.41, 5.74) is 0.535. The van der Waals surface area contributed by atoms with E-state index in [-0.39, 0.29) is 10.1 Å². The van der Waals surface area contributed by atoms with Crippen LogP contribution in [0.25, 0.3) is 0 Å². The molecule has 0 bridgehead atoms. The van der Waals surface area contributed by atoms with Crippen molar-refractivity contribution in [3.63, 3.8) is 0 Å². The first-order valence-corrected chi connectivity index (χ1v) is 7.03. The molecule has 0 aromatic carbocycles. The van der Waals surface area contributed by atoms with Gasteiger partial charge in [0.1, 0.15) is 4.90 Å². The molecule has 0 saturated heterocycles. The zero-order valence-corrected chi connectivity index (χ0v) is 10.5. The van der Waals surface area contributed by atoms with Crippen LogP contribution in [0.2, 0.25) is 0 Å². The van der Waals surface area contributed by atoms with Gasteiger partial charge in [-0.15, -0.1) is 4.40 Å². The fourth-order valence-electron chi connectivity index (χ4n) is 1.26. The number of anilines is 1. The molecule has 0 atom stereocenters. The van der Waals surface area contributed by atoms with Crippen molar-refractivity contribution in [2.45, 2.75) is 24.0 Å². The van der Waals surface area contributed by atoms with Crippen molar-refractivity contribution in [1.29, 1.82) is 0 Å². The fraction of sp³-hybridized carbons (Fsp3) is 0.333. The molecule has 1 N–H and O–H groups in total. The van der Waals surface area contributed by atoms with Gasteiger partial charge in [0.05, 0.1) is 5.69 Å². The Kier molecular flexibility index (Phi) is 2.90. The summed E-state index contributed by atoms with van der Waals surface area (Å²) in [6.45, 7) is 3.95. The lowest BCUT2D eigenvalue weighted by Crippen LogP contribution is -2.20. The normalized spacial score (nSPS) is 17.6. The van der Waals surface area contributed by atoms with Gasteiger partial charge >= 0.3 is 0 Å². The quantitative estimate of drug-likeness (QED) is 0.829. The molecular weight excluding hydrogens is 246 g/mol. The van der Waals surface area contributed by atoms with Crippen LogP contribution in [-0.4, -0.2) is 23.8 Å². The van der Waals surface area contributed by atoms with Gasteiger partial charge in [-0.1, -0.05) is 25.6 Å². The van der Waals surface area contributed by atoms with E-state index in [9.17, 15) is 8.42 Å². The molecule has 0 radical (unpaired) electrons. The predicted molar refractivity (Wildman–Crippen MR) is 65.2 cm³/mol. The Morgan fingerprint density at radius 3 is 2.88 bits per heavy atom. The van der Waals surface area contributed by atoms with E-state index in [4.69, 9.17) is 0 Å². The van der Waals surface area contributed by atoms with Crippen LogP contribution in [0, 0.1) is 0 Å². The number of fused-ring (bicyclic) bond motifs is 1. The van der Waals surface area contributed by atoms with E-state index >= 15 is 0 Å². The molecule has 0 fully saturated rings. The predicted octanol–water partition coefficient (Wildman–Crippen LogP) is 1.69. The second-order valence-electron chi connectivity index (χ2n) is 3.53. The van der Waals surface area contributed by atoms with Gasteiger partial charge in [-0.2, -0.15) is 8.42 Å². The highest BCUT2D eigenvalue weighted by Crippen LogP contribution is 2.29. The first-order valence-electron chi connectivity index (χ1n) is 4.72. The van der Waals surface area contributed by atoms with E-state index in [2.05, 4.69) is 14.7 Å². The van der Waals surface area contributed by atoms with E-state index in [0.29, 0.717) is 10.9 Å². The van der Waals surface area contributed by atoms with Crippen molar-refractivity contribution in [3.05, 3.63) is 18.5 Å². The topological polar surface area (TPSA) is 71.4 Å². The number of pyridine rings is 1. The summed E-state index contributed by atoms with van der Waals surface area (Å²) in [6.07, 6.45) is 2.85. The minimum absolute atomic E-state index is 0.128. The van der Waals surface area contributed by atoms with E-state index in [1.54, 1.807) is 12.3 Å². The number of nitrogens with one attached hydrogen (secondary N) is 1. The fourth-order valence-corrected chi connectivity index (χ4v) is 3.29. The molecule has 1 aromatic rings. The van der Waals surface area contributed by atoms with Gasteiger partial charge in [0.25, 0.3) is 10.0 Å². The lowest BCUT2D eigenvalue weighted by atomic mass is 10.4. The van der Waals surface area contributed by atoms with E-state index < -0.39 is 10.0 Å². The third-order valence-corrected chi connectivity index (χ3v) is 4.16. The summed E-state index contributed by atoms with van der Waals surface area (Å²) in [6, 6.07) is 1.63. The molecule has 0 amide bonds. The van der Waals surface area contributed by atoms with Crippen LogP contribution in [0.15, 0.2) is 27.8 Å². The molecule has 5 nitrogen and oxygen atoms in total. The number of aromatic nitrogens is 1. The molecule has 86 valence electrons. The lowest BCUT2D eigenvalue weighted by Gasteiger charge is -2.17. The average Bonchev–Trinajstić information content (AvgIpc) is 2.15. The van der Waals surface area contributed by atoms with Crippen molar-refractivity contribution < 1.29 is 8.42 Å². The second-order valence-corrected chi connectivity index (χ2v) is 6.67. The second kappa shape index (κ2) is 4.06. The first-order chi connectivity index (χ1) is 7.49. The van der Waals surface area contributed by atoms with Crippen LogP contribution in [0.1, 0.15) is 13.8 Å². The minimum Gasteiger partial charge on any atom is -0.333 e. The van der Waals surface area contributed by atoms with Crippen LogP contribution in [0.5, 0.6) is 0 Å². The lowest BCUT2D eigenvalue weighted by molar-refractivity contribution is 0.597. The highest BCUT2D eigenvalue weighted by atomic mass is 32.2. The summed E-state index contributed by atoms with van der Waals surface area (Å²) in [5, 5.41) is 3.66. The standard InChI is InChI=1S/C9H11N3O2S2/c1-6(2)15-9-11-7-3-4-10-5-8(7)16(13,14)12-9/h3-6H,1-2H3,(H,11,12). The van der Waals surface area contributed by atoms with Gasteiger partial charge in [-0.3, -0.25) is 4.98 Å². The Morgan fingerprint density at radius 2 is 2.19 bits per heavy atom. The van der Waals surface area contributed by atoms with Gasteiger partial charge < -0.3 is 5.32 Å². The van der Waals surface area contributed by atoms with Crippen LogP contribution in [0.3, 0.4) is 0 Å². The number of rotatable bonds is 1. The minimum atomic E-state index is -3.59. The monoisotopic (exact) mass is 257 g/mol. The van der Waals surface area contributed by atoms with Crippen LogP contribution < -0.4 is 5.32 Å². The molecule has 1 aromatic heterocycles. The van der Waals surface area contributed by atoms with Gasteiger partial charge in [-0.05, 0) is 6.07 Å². The summed E-state index contributed by atoms with van der Waals surface area (Å²) in [5.74, 6) is 0. The molecule has 0 spiro atoms. The average molecular weight is 257 g/mol. The highest BCUT2D eigenvalue weighted by molar-refractivity contribution is 8.15. The van der Waals surface area contributed by atoms with Gasteiger partial charge in [0.2, 0.25) is 0 Å². The van der Waals surface area contributed by atoms with Gasteiger partial charge in [0.15, 0.2) is 5.17 Å². The van der Waals surface area contributed by atoms with Gasteiger partial charge in [-0.25, -0.2) is 0 Å². The van der Waals surface area contributed by atoms with Crippen molar-refractivity contribution in [1.82, 2.24) is 4.98 Å². The molecule has 0 saturated carbocycles. The van der Waals surface area contributed by atoms with Crippen LogP contribution >= 0.6 is 11.8 Å². The molecule has 16 heavy (non-hydrogen) atoms. The maximum atomic E-state index is 11.8. The number of amidine groups is 1. The van der Waals surface area contributed by atoms with Crippen molar-refractivity contribution in [2.75, 3.05) is 5.32 Å². The Bertz CT molecular complexity index is 537. The molecule has 2 heterocycles. The maximum Gasteiger partial charge on any atom is 0.288 e. The zero-order chi connectivity index (χ0) is 11.8. The van der Waals surface area contributed by atoms with Gasteiger partial charge in [0, 0.05) is 17.6 Å². The maximum absolute atomic E-state index is 11.8.